The lowest BCUT2D eigenvalue weighted by Crippen LogP contribution is -2.47. The Kier molecular flexibility index (Phi) is 5.62. The number of nitrogens with zero attached hydrogens (tertiary/aromatic N) is 2. The van der Waals surface area contributed by atoms with Crippen molar-refractivity contribution >= 4 is 34.9 Å². The predicted octanol–water partition coefficient (Wildman–Crippen LogP) is 2.75. The summed E-state index contributed by atoms with van der Waals surface area (Å²) in [4.78, 5) is 26.8. The highest BCUT2D eigenvalue weighted by molar-refractivity contribution is 7.16. The van der Waals surface area contributed by atoms with Crippen molar-refractivity contribution in [2.45, 2.75) is 25.9 Å². The van der Waals surface area contributed by atoms with Gasteiger partial charge in [0.25, 0.3) is 0 Å². The van der Waals surface area contributed by atoms with Gasteiger partial charge in [0.15, 0.2) is 0 Å². The van der Waals surface area contributed by atoms with Crippen LogP contribution >= 0.6 is 22.9 Å². The Balaban J connectivity index is 2.68. The number of aliphatic carboxylic acids is 1. The van der Waals surface area contributed by atoms with Gasteiger partial charge >= 0.3 is 12.0 Å². The molecule has 106 valence electrons. The first-order valence-electron chi connectivity index (χ1n) is 5.81. The van der Waals surface area contributed by atoms with Crippen LogP contribution in [0.5, 0.6) is 0 Å². The highest BCUT2D eigenvalue weighted by Crippen LogP contribution is 2.22. The first-order chi connectivity index (χ1) is 8.86. The molecule has 1 aromatic rings. The third-order valence-corrected chi connectivity index (χ3v) is 4.01. The van der Waals surface area contributed by atoms with Crippen molar-refractivity contribution in [2.75, 3.05) is 14.1 Å². The molecule has 0 aromatic carbocycles. The van der Waals surface area contributed by atoms with Crippen molar-refractivity contribution in [3.05, 3.63) is 21.3 Å². The average molecular weight is 305 g/mol. The summed E-state index contributed by atoms with van der Waals surface area (Å²) in [5, 5.41) is 9.04. The van der Waals surface area contributed by atoms with Gasteiger partial charge < -0.3 is 14.9 Å². The van der Waals surface area contributed by atoms with Gasteiger partial charge in [0.1, 0.15) is 6.04 Å². The summed E-state index contributed by atoms with van der Waals surface area (Å²) in [6.45, 7) is 2.15. The van der Waals surface area contributed by atoms with E-state index in [2.05, 4.69) is 0 Å². The number of thiophene rings is 1. The van der Waals surface area contributed by atoms with E-state index in [1.54, 1.807) is 20.0 Å². The lowest BCUT2D eigenvalue weighted by molar-refractivity contribution is -0.142. The van der Waals surface area contributed by atoms with Crippen molar-refractivity contribution in [3.63, 3.8) is 0 Å². The molecule has 0 aliphatic heterocycles. The van der Waals surface area contributed by atoms with E-state index in [0.29, 0.717) is 17.3 Å². The molecule has 2 amide bonds. The number of rotatable bonds is 5. The Hall–Kier alpha value is -1.27. The summed E-state index contributed by atoms with van der Waals surface area (Å²) >= 11 is 7.23. The number of carboxylic acid groups (broad SMARTS) is 1. The molecule has 1 heterocycles. The molecular formula is C12H17ClN2O3S. The first kappa shape index (κ1) is 15.8. The highest BCUT2D eigenvalue weighted by Gasteiger charge is 2.26. The quantitative estimate of drug-likeness (QED) is 0.910. The van der Waals surface area contributed by atoms with Gasteiger partial charge in [-0.1, -0.05) is 18.5 Å². The minimum absolute atomic E-state index is 0.321. The SMILES string of the molecule is CCC(C(=O)O)N(C)C(=O)N(C)Cc1ccc(Cl)s1. The number of carbonyl (C=O) groups is 2. The summed E-state index contributed by atoms with van der Waals surface area (Å²) in [5.74, 6) is -0.995. The van der Waals surface area contributed by atoms with Gasteiger partial charge in [0, 0.05) is 19.0 Å². The minimum Gasteiger partial charge on any atom is -0.480 e. The molecule has 0 bridgehead atoms. The molecule has 7 heteroatoms. The fourth-order valence-electron chi connectivity index (χ4n) is 1.75. The van der Waals surface area contributed by atoms with Gasteiger partial charge in [0.05, 0.1) is 10.9 Å². The van der Waals surface area contributed by atoms with Crippen molar-refractivity contribution in [1.82, 2.24) is 9.80 Å². The standard InChI is InChI=1S/C12H17ClN2O3S/c1-4-9(11(16)17)15(3)12(18)14(2)7-8-5-6-10(13)19-8/h5-6,9H,4,7H2,1-3H3,(H,16,17). The molecular weight excluding hydrogens is 288 g/mol. The van der Waals surface area contributed by atoms with Crippen LogP contribution in [0.4, 0.5) is 4.79 Å². The van der Waals surface area contributed by atoms with Gasteiger partial charge in [-0.3, -0.25) is 0 Å². The molecule has 0 saturated carbocycles. The van der Waals surface area contributed by atoms with Crippen LogP contribution in [-0.4, -0.2) is 47.0 Å². The molecule has 0 fully saturated rings. The summed E-state index contributed by atoms with van der Waals surface area (Å²) in [7, 11) is 3.14. The molecule has 1 aromatic heterocycles. The van der Waals surface area contributed by atoms with Crippen LogP contribution in [0, 0.1) is 0 Å². The first-order valence-corrected chi connectivity index (χ1v) is 7.01. The minimum atomic E-state index is -0.995. The number of likely N-dealkylation sites (N-methyl/N-ethyl adjacent to an activating group) is 1. The monoisotopic (exact) mass is 304 g/mol. The molecule has 5 nitrogen and oxygen atoms in total. The van der Waals surface area contributed by atoms with E-state index in [4.69, 9.17) is 16.7 Å². The molecule has 0 aliphatic rings. The molecule has 1 N–H and O–H groups in total. The zero-order valence-electron chi connectivity index (χ0n) is 11.1. The zero-order valence-corrected chi connectivity index (χ0v) is 12.7. The normalized spacial score (nSPS) is 12.0. The number of urea groups is 1. The fraction of sp³-hybridized carbons (Fsp3) is 0.500. The molecule has 0 saturated heterocycles. The van der Waals surface area contributed by atoms with E-state index < -0.39 is 12.0 Å². The molecule has 0 aliphatic carbocycles. The lowest BCUT2D eigenvalue weighted by atomic mass is 10.2. The maximum atomic E-state index is 12.1. The van der Waals surface area contributed by atoms with Crippen LogP contribution in [0.25, 0.3) is 0 Å². The number of hydrogen-bond acceptors (Lipinski definition) is 3. The molecule has 0 radical (unpaired) electrons. The van der Waals surface area contributed by atoms with E-state index >= 15 is 0 Å². The summed E-state index contributed by atoms with van der Waals surface area (Å²) in [5.41, 5.74) is 0. The van der Waals surface area contributed by atoms with Crippen LogP contribution in [-0.2, 0) is 11.3 Å². The number of amides is 2. The number of halogens is 1. The Bertz CT molecular complexity index is 464. The van der Waals surface area contributed by atoms with Gasteiger partial charge in [-0.05, 0) is 18.6 Å². The maximum Gasteiger partial charge on any atom is 0.326 e. The highest BCUT2D eigenvalue weighted by atomic mass is 35.5. The Morgan fingerprint density at radius 1 is 1.42 bits per heavy atom. The molecule has 1 rings (SSSR count). The largest absolute Gasteiger partial charge is 0.480 e. The maximum absolute atomic E-state index is 12.1. The topological polar surface area (TPSA) is 60.9 Å². The Morgan fingerprint density at radius 2 is 2.05 bits per heavy atom. The lowest BCUT2D eigenvalue weighted by Gasteiger charge is -2.28. The van der Waals surface area contributed by atoms with Crippen LogP contribution in [0.2, 0.25) is 4.34 Å². The van der Waals surface area contributed by atoms with Gasteiger partial charge in [-0.2, -0.15) is 0 Å². The van der Waals surface area contributed by atoms with Crippen LogP contribution in [0.15, 0.2) is 12.1 Å². The molecule has 0 spiro atoms. The smallest absolute Gasteiger partial charge is 0.326 e. The third-order valence-electron chi connectivity index (χ3n) is 2.79. The van der Waals surface area contributed by atoms with Gasteiger partial charge in [0.2, 0.25) is 0 Å². The number of carboxylic acids is 1. The second kappa shape index (κ2) is 6.77. The molecule has 1 atom stereocenters. The van der Waals surface area contributed by atoms with Crippen LogP contribution < -0.4 is 0 Å². The number of hydrogen-bond donors (Lipinski definition) is 1. The second-order valence-electron chi connectivity index (χ2n) is 4.22. The van der Waals surface area contributed by atoms with E-state index in [-0.39, 0.29) is 6.03 Å². The Labute approximate surface area is 121 Å². The van der Waals surface area contributed by atoms with E-state index in [0.717, 1.165) is 4.88 Å². The van der Waals surface area contributed by atoms with E-state index in [1.165, 1.54) is 28.2 Å². The van der Waals surface area contributed by atoms with Gasteiger partial charge in [-0.25, -0.2) is 9.59 Å². The predicted molar refractivity (Wildman–Crippen MR) is 75.7 cm³/mol. The van der Waals surface area contributed by atoms with E-state index in [1.807, 2.05) is 6.07 Å². The fourth-order valence-corrected chi connectivity index (χ4v) is 2.90. The average Bonchev–Trinajstić information content (AvgIpc) is 2.73. The summed E-state index contributed by atoms with van der Waals surface area (Å²) in [6, 6.07) is 2.50. The van der Waals surface area contributed by atoms with Crippen molar-refractivity contribution in [3.8, 4) is 0 Å². The van der Waals surface area contributed by atoms with Crippen molar-refractivity contribution in [2.24, 2.45) is 0 Å². The van der Waals surface area contributed by atoms with Crippen LogP contribution in [0.3, 0.4) is 0 Å². The number of carbonyl (C=O) groups excluding carboxylic acids is 1. The zero-order chi connectivity index (χ0) is 14.6. The second-order valence-corrected chi connectivity index (χ2v) is 6.02. The van der Waals surface area contributed by atoms with E-state index in [9.17, 15) is 9.59 Å². The molecule has 19 heavy (non-hydrogen) atoms. The summed E-state index contributed by atoms with van der Waals surface area (Å²) < 4.78 is 0.668. The Morgan fingerprint density at radius 3 is 2.47 bits per heavy atom. The van der Waals surface area contributed by atoms with Crippen molar-refractivity contribution < 1.29 is 14.7 Å². The summed E-state index contributed by atoms with van der Waals surface area (Å²) in [6.07, 6.45) is 0.371. The van der Waals surface area contributed by atoms with Crippen LogP contribution in [0.1, 0.15) is 18.2 Å². The third kappa shape index (κ3) is 4.11. The van der Waals surface area contributed by atoms with Gasteiger partial charge in [-0.15, -0.1) is 11.3 Å². The molecule has 1 unspecified atom stereocenters. The van der Waals surface area contributed by atoms with Crippen molar-refractivity contribution in [1.29, 1.82) is 0 Å².